The first-order chi connectivity index (χ1) is 15.1. The second-order valence-corrected chi connectivity index (χ2v) is 8.47. The number of halogens is 3. The molecule has 3 aromatic rings. The number of aromatic nitrogens is 3. The van der Waals surface area contributed by atoms with E-state index in [4.69, 9.17) is 29.6 Å². The quantitative estimate of drug-likeness (QED) is 0.260. The molecule has 0 radical (unpaired) electrons. The van der Waals surface area contributed by atoms with Crippen LogP contribution in [0.5, 0.6) is 0 Å². The Morgan fingerprint density at radius 3 is 2.75 bits per heavy atom. The molecule has 0 fully saturated rings. The molecule has 0 aliphatic carbocycles. The first-order valence-electron chi connectivity index (χ1n) is 9.32. The maximum atomic E-state index is 13.4. The van der Waals surface area contributed by atoms with E-state index in [1.54, 1.807) is 19.1 Å². The minimum Gasteiger partial charge on any atom is -0.382 e. The van der Waals surface area contributed by atoms with Crippen molar-refractivity contribution >= 4 is 57.4 Å². The number of aromatic amines is 1. The molecule has 32 heavy (non-hydrogen) atoms. The fourth-order valence-electron chi connectivity index (χ4n) is 3.17. The van der Waals surface area contributed by atoms with Gasteiger partial charge in [0.2, 0.25) is 0 Å². The van der Waals surface area contributed by atoms with E-state index in [1.165, 1.54) is 23.0 Å². The van der Waals surface area contributed by atoms with Crippen molar-refractivity contribution in [2.45, 2.75) is 19.8 Å². The molecule has 1 atom stereocenters. The molecule has 1 unspecified atom stereocenters. The van der Waals surface area contributed by atoms with Gasteiger partial charge in [0.25, 0.3) is 12.0 Å². The predicted molar refractivity (Wildman–Crippen MR) is 126 cm³/mol. The van der Waals surface area contributed by atoms with Crippen molar-refractivity contribution in [3.63, 3.8) is 0 Å². The summed E-state index contributed by atoms with van der Waals surface area (Å²) in [7, 11) is -1.67. The van der Waals surface area contributed by atoms with Gasteiger partial charge in [0.05, 0.1) is 33.9 Å². The van der Waals surface area contributed by atoms with Crippen LogP contribution in [0.4, 0.5) is 14.5 Å². The van der Waals surface area contributed by atoms with E-state index in [1.807, 2.05) is 0 Å². The van der Waals surface area contributed by atoms with Gasteiger partial charge in [0, 0.05) is 12.7 Å². The number of rotatable bonds is 7. The third-order valence-electron chi connectivity index (χ3n) is 4.44. The highest BCUT2D eigenvalue weighted by Crippen LogP contribution is 2.32. The number of nitrogens with zero attached hydrogens (tertiary/aromatic N) is 3. The first kappa shape index (κ1) is 24.0. The van der Waals surface area contributed by atoms with E-state index >= 15 is 0 Å². The van der Waals surface area contributed by atoms with Crippen molar-refractivity contribution in [1.82, 2.24) is 14.5 Å². The zero-order valence-electron chi connectivity index (χ0n) is 17.0. The van der Waals surface area contributed by atoms with Gasteiger partial charge in [-0.1, -0.05) is 30.7 Å². The third kappa shape index (κ3) is 4.87. The molecule has 4 N–H and O–H groups in total. The Morgan fingerprint density at radius 2 is 2.12 bits per heavy atom. The van der Waals surface area contributed by atoms with Gasteiger partial charge in [0.1, 0.15) is 32.9 Å². The van der Waals surface area contributed by atoms with Crippen molar-refractivity contribution in [3.8, 4) is 5.69 Å². The highest BCUT2D eigenvalue weighted by molar-refractivity contribution is 7.83. The van der Waals surface area contributed by atoms with Crippen LogP contribution in [0.25, 0.3) is 16.7 Å². The lowest BCUT2D eigenvalue weighted by Crippen LogP contribution is -2.27. The van der Waals surface area contributed by atoms with Gasteiger partial charge in [-0.25, -0.2) is 18.0 Å². The van der Waals surface area contributed by atoms with E-state index in [-0.39, 0.29) is 33.2 Å². The number of nitrogens with two attached hydrogens (primary N) is 1. The van der Waals surface area contributed by atoms with Gasteiger partial charge >= 0.3 is 0 Å². The molecule has 2 aromatic heterocycles. The molecule has 0 saturated carbocycles. The normalized spacial score (nSPS) is 13.0. The Balaban J connectivity index is 2.42. The molecular formula is C19H19ClF2N6O2S2. The van der Waals surface area contributed by atoms with Gasteiger partial charge in [0.15, 0.2) is 0 Å². The number of hydrogen-bond acceptors (Lipinski definition) is 5. The lowest BCUT2D eigenvalue weighted by Gasteiger charge is -2.20. The second kappa shape index (κ2) is 9.84. The average Bonchev–Trinajstić information content (AvgIpc) is 2.71. The van der Waals surface area contributed by atoms with E-state index in [9.17, 15) is 17.8 Å². The third-order valence-corrected chi connectivity index (χ3v) is 5.44. The molecule has 0 amide bonds. The van der Waals surface area contributed by atoms with Crippen LogP contribution in [0, 0.1) is 4.64 Å². The SMILES string of the molecule is CCc1nc2[nH]c(=S)ccc2c(=O)n1-c1ccc(Cl)c(/C(N)=N/S(C)=O)c1NCC(F)F. The monoisotopic (exact) mass is 500 g/mol. The van der Waals surface area contributed by atoms with Crippen LogP contribution in [0.1, 0.15) is 18.3 Å². The van der Waals surface area contributed by atoms with Crippen molar-refractivity contribution in [2.24, 2.45) is 10.1 Å². The number of H-pyrrole nitrogens is 1. The number of hydrogen-bond donors (Lipinski definition) is 3. The van der Waals surface area contributed by atoms with Gasteiger partial charge in [-0.3, -0.25) is 9.36 Å². The number of fused-ring (bicyclic) bond motifs is 1. The van der Waals surface area contributed by atoms with Crippen LogP contribution in [-0.2, 0) is 17.4 Å². The summed E-state index contributed by atoms with van der Waals surface area (Å²) in [5.41, 5.74) is 6.17. The van der Waals surface area contributed by atoms with Gasteiger partial charge in [-0.2, -0.15) is 4.40 Å². The minimum atomic E-state index is -2.70. The van der Waals surface area contributed by atoms with E-state index in [2.05, 4.69) is 19.7 Å². The molecule has 0 spiro atoms. The smallest absolute Gasteiger partial charge is 0.267 e. The molecule has 3 rings (SSSR count). The molecule has 2 heterocycles. The summed E-state index contributed by atoms with van der Waals surface area (Å²) in [5, 5.41) is 2.94. The number of amidine groups is 1. The highest BCUT2D eigenvalue weighted by atomic mass is 35.5. The summed E-state index contributed by atoms with van der Waals surface area (Å²) >= 11 is 11.4. The van der Waals surface area contributed by atoms with Crippen LogP contribution in [0.15, 0.2) is 33.5 Å². The van der Waals surface area contributed by atoms with Crippen molar-refractivity contribution in [1.29, 1.82) is 0 Å². The number of benzene rings is 1. The number of alkyl halides is 2. The van der Waals surface area contributed by atoms with E-state index in [0.717, 1.165) is 0 Å². The zero-order chi connectivity index (χ0) is 23.6. The summed E-state index contributed by atoms with van der Waals surface area (Å²) in [6.45, 7) is 1.05. The van der Waals surface area contributed by atoms with Crippen LogP contribution < -0.4 is 16.6 Å². The lowest BCUT2D eigenvalue weighted by atomic mass is 10.1. The van der Waals surface area contributed by atoms with Gasteiger partial charge < -0.3 is 16.0 Å². The summed E-state index contributed by atoms with van der Waals surface area (Å²) in [4.78, 5) is 20.8. The maximum Gasteiger partial charge on any atom is 0.267 e. The molecule has 0 aliphatic rings. The Labute approximate surface area is 194 Å². The molecule has 8 nitrogen and oxygen atoms in total. The topological polar surface area (TPSA) is 118 Å². The van der Waals surface area contributed by atoms with Crippen LogP contribution >= 0.6 is 23.8 Å². The molecule has 0 bridgehead atoms. The van der Waals surface area contributed by atoms with E-state index in [0.29, 0.717) is 22.5 Å². The fourth-order valence-corrected chi connectivity index (χ4v) is 3.96. The van der Waals surface area contributed by atoms with Gasteiger partial charge in [-0.05, 0) is 24.3 Å². The standard InChI is InChI=1S/C19H19ClF2N6O2S2/c1-3-13-25-18-9(4-7-14(31)26-18)19(29)28(13)11-6-5-10(20)15(17(23)27-32(2)30)16(11)24-8-12(21)22/h4-7,12,24H,3,8H2,1-2H3,(H2,23,27)(H,26,31). The Bertz CT molecular complexity index is 1360. The Kier molecular flexibility index (Phi) is 7.36. The molecule has 0 saturated heterocycles. The predicted octanol–water partition coefficient (Wildman–Crippen LogP) is 3.33. The summed E-state index contributed by atoms with van der Waals surface area (Å²) in [6, 6.07) is 6.05. The van der Waals surface area contributed by atoms with Crippen LogP contribution in [0.2, 0.25) is 5.02 Å². The summed E-state index contributed by atoms with van der Waals surface area (Å²) in [6.07, 6.45) is -1.06. The average molecular weight is 501 g/mol. The number of aryl methyl sites for hydroxylation is 1. The summed E-state index contributed by atoms with van der Waals surface area (Å²) in [5.74, 6) is 0.126. The first-order valence-corrected chi connectivity index (χ1v) is 11.6. The number of pyridine rings is 1. The number of nitrogens with one attached hydrogen (secondary N) is 2. The second-order valence-electron chi connectivity index (χ2n) is 6.60. The maximum absolute atomic E-state index is 13.4. The minimum absolute atomic E-state index is 0.0475. The molecule has 13 heteroatoms. The molecular weight excluding hydrogens is 482 g/mol. The van der Waals surface area contributed by atoms with Crippen molar-refractivity contribution in [2.75, 3.05) is 18.1 Å². The lowest BCUT2D eigenvalue weighted by molar-refractivity contribution is 0.163. The Hall–Kier alpha value is -2.70. The van der Waals surface area contributed by atoms with Crippen molar-refractivity contribution in [3.05, 3.63) is 55.7 Å². The fraction of sp³-hybridized carbons (Fsp3) is 0.263. The largest absolute Gasteiger partial charge is 0.382 e. The van der Waals surface area contributed by atoms with E-state index < -0.39 is 29.5 Å². The Morgan fingerprint density at radius 1 is 1.41 bits per heavy atom. The zero-order valence-corrected chi connectivity index (χ0v) is 19.4. The summed E-state index contributed by atoms with van der Waals surface area (Å²) < 4.78 is 43.2. The number of anilines is 1. The molecule has 1 aromatic carbocycles. The van der Waals surface area contributed by atoms with Gasteiger partial charge in [-0.15, -0.1) is 0 Å². The molecule has 0 aliphatic heterocycles. The van der Waals surface area contributed by atoms with Crippen molar-refractivity contribution < 1.29 is 13.0 Å². The highest BCUT2D eigenvalue weighted by Gasteiger charge is 2.22. The molecule has 170 valence electrons. The van der Waals surface area contributed by atoms with Crippen LogP contribution in [0.3, 0.4) is 0 Å². The van der Waals surface area contributed by atoms with Crippen LogP contribution in [-0.4, -0.2) is 43.8 Å².